The molecule has 108 valence electrons. The van der Waals surface area contributed by atoms with Crippen molar-refractivity contribution in [2.45, 2.75) is 57.9 Å². The van der Waals surface area contributed by atoms with E-state index in [2.05, 4.69) is 34.2 Å². The van der Waals surface area contributed by atoms with Gasteiger partial charge in [-0.25, -0.2) is 0 Å². The number of rotatable bonds is 5. The van der Waals surface area contributed by atoms with E-state index in [4.69, 9.17) is 4.52 Å². The summed E-state index contributed by atoms with van der Waals surface area (Å²) in [5, 5.41) is 7.47. The normalized spacial score (nSPS) is 20.1. The number of likely N-dealkylation sites (N-methyl/N-ethyl adjacent to an activating group) is 1. The van der Waals surface area contributed by atoms with E-state index in [-0.39, 0.29) is 5.92 Å². The van der Waals surface area contributed by atoms with Crippen molar-refractivity contribution in [1.82, 2.24) is 15.5 Å². The summed E-state index contributed by atoms with van der Waals surface area (Å²) in [6, 6.07) is 0.387. The Labute approximate surface area is 115 Å². The fourth-order valence-corrected chi connectivity index (χ4v) is 2.79. The van der Waals surface area contributed by atoms with Gasteiger partial charge in [-0.15, -0.1) is 0 Å². The summed E-state index contributed by atoms with van der Waals surface area (Å²) in [6.07, 6.45) is 6.14. The average molecular weight is 266 g/mol. The van der Waals surface area contributed by atoms with Gasteiger partial charge in [0.05, 0.1) is 5.92 Å². The van der Waals surface area contributed by atoms with Gasteiger partial charge in [0.15, 0.2) is 0 Å². The van der Waals surface area contributed by atoms with Crippen molar-refractivity contribution in [3.8, 4) is 0 Å². The van der Waals surface area contributed by atoms with Crippen LogP contribution in [0.2, 0.25) is 0 Å². The first-order valence-corrected chi connectivity index (χ1v) is 7.52. The Morgan fingerprint density at radius 3 is 2.53 bits per heavy atom. The molecule has 1 aromatic rings. The lowest BCUT2D eigenvalue weighted by Gasteiger charge is -2.19. The van der Waals surface area contributed by atoms with Gasteiger partial charge in [0, 0.05) is 19.1 Å². The van der Waals surface area contributed by atoms with Gasteiger partial charge < -0.3 is 14.7 Å². The fourth-order valence-electron chi connectivity index (χ4n) is 2.79. The molecule has 5 heteroatoms. The van der Waals surface area contributed by atoms with E-state index in [9.17, 15) is 0 Å². The third-order valence-electron chi connectivity index (χ3n) is 4.12. The zero-order chi connectivity index (χ0) is 13.7. The van der Waals surface area contributed by atoms with Crippen LogP contribution in [0.3, 0.4) is 0 Å². The maximum Gasteiger partial charge on any atom is 0.266 e. The molecule has 1 aliphatic rings. The molecular formula is C14H26N4O. The van der Waals surface area contributed by atoms with Crippen LogP contribution in [0, 0.1) is 0 Å². The molecule has 0 spiro atoms. The number of aromatic nitrogens is 2. The maximum absolute atomic E-state index is 5.46. The summed E-state index contributed by atoms with van der Waals surface area (Å²) in [5.41, 5.74) is 0. The van der Waals surface area contributed by atoms with E-state index in [0.717, 1.165) is 31.3 Å². The van der Waals surface area contributed by atoms with Gasteiger partial charge >= 0.3 is 0 Å². The minimum atomic E-state index is 0.253. The van der Waals surface area contributed by atoms with Crippen LogP contribution in [-0.2, 0) is 0 Å². The molecule has 19 heavy (non-hydrogen) atoms. The first kappa shape index (κ1) is 14.3. The molecule has 2 atom stereocenters. The van der Waals surface area contributed by atoms with Crippen LogP contribution in [0.4, 0.5) is 5.95 Å². The Morgan fingerprint density at radius 1 is 1.26 bits per heavy atom. The highest BCUT2D eigenvalue weighted by Gasteiger charge is 2.23. The third kappa shape index (κ3) is 3.47. The molecule has 2 heterocycles. The van der Waals surface area contributed by atoms with Crippen molar-refractivity contribution in [1.29, 1.82) is 0 Å². The van der Waals surface area contributed by atoms with Crippen LogP contribution in [0.25, 0.3) is 0 Å². The van der Waals surface area contributed by atoms with Crippen LogP contribution < -0.4 is 10.2 Å². The van der Waals surface area contributed by atoms with E-state index >= 15 is 0 Å². The minimum absolute atomic E-state index is 0.253. The molecule has 0 bridgehead atoms. The zero-order valence-electron chi connectivity index (χ0n) is 12.4. The first-order chi connectivity index (χ1) is 9.26. The monoisotopic (exact) mass is 266 g/mol. The molecule has 0 amide bonds. The number of nitrogens with one attached hydrogen (secondary N) is 1. The van der Waals surface area contributed by atoms with Crippen molar-refractivity contribution in [3.05, 3.63) is 5.89 Å². The largest absolute Gasteiger partial charge is 0.338 e. The predicted octanol–water partition coefficient (Wildman–Crippen LogP) is 2.55. The Kier molecular flexibility index (Phi) is 5.19. The number of hydrogen-bond donors (Lipinski definition) is 1. The number of anilines is 1. The SMILES string of the molecule is CCC(NC)C(C)c1nc(N2CCCCCC2)no1. The lowest BCUT2D eigenvalue weighted by molar-refractivity contribution is 0.326. The molecule has 1 saturated heterocycles. The van der Waals surface area contributed by atoms with Crippen molar-refractivity contribution < 1.29 is 4.52 Å². The summed E-state index contributed by atoms with van der Waals surface area (Å²) in [4.78, 5) is 6.86. The van der Waals surface area contributed by atoms with E-state index in [1.54, 1.807) is 0 Å². The molecule has 2 rings (SSSR count). The van der Waals surface area contributed by atoms with E-state index in [1.807, 2.05) is 7.05 Å². The summed E-state index contributed by atoms with van der Waals surface area (Å²) < 4.78 is 5.46. The van der Waals surface area contributed by atoms with Gasteiger partial charge in [0.1, 0.15) is 0 Å². The molecule has 1 aromatic heterocycles. The highest BCUT2D eigenvalue weighted by atomic mass is 16.5. The molecule has 0 aromatic carbocycles. The van der Waals surface area contributed by atoms with Gasteiger partial charge in [0.25, 0.3) is 5.95 Å². The standard InChI is InChI=1S/C14H26N4O/c1-4-12(15-3)11(2)13-16-14(17-19-13)18-9-7-5-6-8-10-18/h11-12,15H,4-10H2,1-3H3. The third-order valence-corrected chi connectivity index (χ3v) is 4.12. The predicted molar refractivity (Wildman–Crippen MR) is 76.5 cm³/mol. The van der Waals surface area contributed by atoms with E-state index < -0.39 is 0 Å². The van der Waals surface area contributed by atoms with Crippen LogP contribution in [0.15, 0.2) is 4.52 Å². The lowest BCUT2D eigenvalue weighted by Crippen LogP contribution is -2.30. The molecule has 0 radical (unpaired) electrons. The number of hydrogen-bond acceptors (Lipinski definition) is 5. The number of nitrogens with zero attached hydrogens (tertiary/aromatic N) is 3. The van der Waals surface area contributed by atoms with Gasteiger partial charge in [-0.1, -0.05) is 26.7 Å². The van der Waals surface area contributed by atoms with Crippen molar-refractivity contribution >= 4 is 5.95 Å². The highest BCUT2D eigenvalue weighted by Crippen LogP contribution is 2.23. The average Bonchev–Trinajstić information content (AvgIpc) is 2.76. The van der Waals surface area contributed by atoms with E-state index in [1.165, 1.54) is 25.7 Å². The molecule has 0 aliphatic carbocycles. The Balaban J connectivity index is 2.05. The second kappa shape index (κ2) is 6.89. The maximum atomic E-state index is 5.46. The lowest BCUT2D eigenvalue weighted by atomic mass is 10.00. The Hall–Kier alpha value is -1.10. The molecule has 5 nitrogen and oxygen atoms in total. The molecule has 2 unspecified atom stereocenters. The topological polar surface area (TPSA) is 54.2 Å². The van der Waals surface area contributed by atoms with Crippen LogP contribution in [0.5, 0.6) is 0 Å². The molecule has 1 fully saturated rings. The smallest absolute Gasteiger partial charge is 0.266 e. The second-order valence-electron chi connectivity index (χ2n) is 5.43. The van der Waals surface area contributed by atoms with Crippen molar-refractivity contribution in [3.63, 3.8) is 0 Å². The Morgan fingerprint density at radius 2 is 1.95 bits per heavy atom. The zero-order valence-corrected chi connectivity index (χ0v) is 12.4. The highest BCUT2D eigenvalue weighted by molar-refractivity contribution is 5.28. The second-order valence-corrected chi connectivity index (χ2v) is 5.43. The summed E-state index contributed by atoms with van der Waals surface area (Å²) in [7, 11) is 1.98. The van der Waals surface area contributed by atoms with Crippen LogP contribution in [0.1, 0.15) is 57.8 Å². The Bertz CT molecular complexity index is 351. The molecule has 0 saturated carbocycles. The first-order valence-electron chi connectivity index (χ1n) is 7.52. The van der Waals surface area contributed by atoms with Crippen LogP contribution in [-0.4, -0.2) is 36.3 Å². The summed E-state index contributed by atoms with van der Waals surface area (Å²) in [6.45, 7) is 6.42. The molecule has 1 N–H and O–H groups in total. The van der Waals surface area contributed by atoms with Gasteiger partial charge in [-0.05, 0) is 31.5 Å². The quantitative estimate of drug-likeness (QED) is 0.887. The summed E-state index contributed by atoms with van der Waals surface area (Å²) >= 11 is 0. The minimum Gasteiger partial charge on any atom is -0.338 e. The van der Waals surface area contributed by atoms with Crippen molar-refractivity contribution in [2.75, 3.05) is 25.0 Å². The summed E-state index contributed by atoms with van der Waals surface area (Å²) in [5.74, 6) is 1.78. The van der Waals surface area contributed by atoms with Gasteiger partial charge in [-0.3, -0.25) is 0 Å². The van der Waals surface area contributed by atoms with E-state index in [0.29, 0.717) is 6.04 Å². The van der Waals surface area contributed by atoms with Crippen LogP contribution >= 0.6 is 0 Å². The van der Waals surface area contributed by atoms with Gasteiger partial charge in [0.2, 0.25) is 5.89 Å². The molecule has 1 aliphatic heterocycles. The fraction of sp³-hybridized carbons (Fsp3) is 0.857. The molecular weight excluding hydrogens is 240 g/mol. The van der Waals surface area contributed by atoms with Gasteiger partial charge in [-0.2, -0.15) is 4.98 Å². The van der Waals surface area contributed by atoms with Crippen molar-refractivity contribution in [2.24, 2.45) is 0 Å².